The van der Waals surface area contributed by atoms with Gasteiger partial charge in [0.15, 0.2) is 0 Å². The fourth-order valence-corrected chi connectivity index (χ4v) is 5.69. The number of thioether (sulfide) groups is 2. The first-order chi connectivity index (χ1) is 12.5. The number of rotatable bonds is 3. The Kier molecular flexibility index (Phi) is 6.27. The summed E-state index contributed by atoms with van der Waals surface area (Å²) in [4.78, 5) is 24.5. The molecule has 1 saturated heterocycles. The minimum Gasteiger partial charge on any atom is -0.267 e. The van der Waals surface area contributed by atoms with Gasteiger partial charge in [-0.05, 0) is 61.1 Å². The van der Waals surface area contributed by atoms with E-state index < -0.39 is 0 Å². The van der Waals surface area contributed by atoms with Crippen molar-refractivity contribution in [3.05, 3.63) is 70.3 Å². The fourth-order valence-electron chi connectivity index (χ4n) is 2.79. The molecule has 0 radical (unpaired) electrons. The first kappa shape index (κ1) is 18.9. The van der Waals surface area contributed by atoms with Gasteiger partial charge in [0.2, 0.25) is 0 Å². The van der Waals surface area contributed by atoms with E-state index in [1.54, 1.807) is 6.07 Å². The second-order valence-electron chi connectivity index (χ2n) is 6.28. The molecule has 0 bridgehead atoms. The third kappa shape index (κ3) is 4.62. The smallest absolute Gasteiger partial charge is 0.267 e. The van der Waals surface area contributed by atoms with Crippen LogP contribution in [0.25, 0.3) is 0 Å². The van der Waals surface area contributed by atoms with Crippen LogP contribution >= 0.6 is 23.5 Å². The summed E-state index contributed by atoms with van der Waals surface area (Å²) in [5.41, 5.74) is 9.26. The van der Waals surface area contributed by atoms with Crippen molar-refractivity contribution in [3.63, 3.8) is 0 Å². The van der Waals surface area contributed by atoms with E-state index in [-0.39, 0.29) is 11.8 Å². The molecule has 0 saturated carbocycles. The van der Waals surface area contributed by atoms with Crippen molar-refractivity contribution in [2.24, 2.45) is 0 Å². The highest BCUT2D eigenvalue weighted by molar-refractivity contribution is 8.16. The van der Waals surface area contributed by atoms with Crippen molar-refractivity contribution in [1.82, 2.24) is 10.9 Å². The van der Waals surface area contributed by atoms with Crippen LogP contribution in [0.5, 0.6) is 0 Å². The van der Waals surface area contributed by atoms with Gasteiger partial charge in [0.1, 0.15) is 0 Å². The number of nitrogens with one attached hydrogen (secondary N) is 2. The summed E-state index contributed by atoms with van der Waals surface area (Å²) in [5, 5.41) is 0. The first-order valence-corrected chi connectivity index (χ1v) is 10.7. The molecular formula is C20H22N2O2S2. The first-order valence-electron chi connectivity index (χ1n) is 8.56. The van der Waals surface area contributed by atoms with Gasteiger partial charge in [0, 0.05) is 11.1 Å². The van der Waals surface area contributed by atoms with Crippen LogP contribution in [0.4, 0.5) is 0 Å². The molecule has 2 N–H and O–H groups in total. The zero-order valence-corrected chi connectivity index (χ0v) is 16.5. The largest absolute Gasteiger partial charge is 0.269 e. The number of hydrogen-bond donors (Lipinski definition) is 2. The van der Waals surface area contributed by atoms with Gasteiger partial charge in [-0.1, -0.05) is 29.8 Å². The molecule has 0 aromatic heterocycles. The average Bonchev–Trinajstić information content (AvgIpc) is 2.66. The maximum atomic E-state index is 12.3. The van der Waals surface area contributed by atoms with Crippen molar-refractivity contribution in [2.75, 3.05) is 11.5 Å². The summed E-state index contributed by atoms with van der Waals surface area (Å²) in [7, 11) is 0. The topological polar surface area (TPSA) is 58.2 Å². The molecule has 0 atom stereocenters. The van der Waals surface area contributed by atoms with Crippen LogP contribution in [-0.4, -0.2) is 23.3 Å². The number of benzene rings is 2. The van der Waals surface area contributed by atoms with E-state index in [1.807, 2.05) is 73.8 Å². The standard InChI is InChI=1S/C20H22N2O2S2/c1-13-4-9-17(14(2)12-13)19(24)22-21-18(23)15-5-7-16(8-6-15)20-25-10-3-11-26-20/h4-9,12,20H,3,10-11H2,1-2H3,(H,21,23)(H,22,24). The predicted octanol–water partition coefficient (Wildman–Crippen LogP) is 4.25. The van der Waals surface area contributed by atoms with Crippen molar-refractivity contribution < 1.29 is 9.59 Å². The molecule has 6 heteroatoms. The molecule has 0 spiro atoms. The Morgan fingerprint density at radius 3 is 2.23 bits per heavy atom. The van der Waals surface area contributed by atoms with Gasteiger partial charge in [-0.25, -0.2) is 0 Å². The van der Waals surface area contributed by atoms with E-state index >= 15 is 0 Å². The summed E-state index contributed by atoms with van der Waals surface area (Å²) in [6.45, 7) is 3.86. The van der Waals surface area contributed by atoms with E-state index in [4.69, 9.17) is 0 Å². The second kappa shape index (κ2) is 8.64. The lowest BCUT2D eigenvalue weighted by Gasteiger charge is -2.21. The van der Waals surface area contributed by atoms with Gasteiger partial charge in [0.05, 0.1) is 4.58 Å². The van der Waals surface area contributed by atoms with Crippen LogP contribution in [0.3, 0.4) is 0 Å². The van der Waals surface area contributed by atoms with Gasteiger partial charge >= 0.3 is 0 Å². The van der Waals surface area contributed by atoms with Crippen molar-refractivity contribution in [1.29, 1.82) is 0 Å². The van der Waals surface area contributed by atoms with Gasteiger partial charge in [-0.2, -0.15) is 0 Å². The van der Waals surface area contributed by atoms with E-state index in [2.05, 4.69) is 10.9 Å². The summed E-state index contributed by atoms with van der Waals surface area (Å²) in [6.07, 6.45) is 1.26. The fraction of sp³-hybridized carbons (Fsp3) is 0.300. The summed E-state index contributed by atoms with van der Waals surface area (Å²) in [5.74, 6) is 1.73. The summed E-state index contributed by atoms with van der Waals surface area (Å²) < 4.78 is 0.449. The van der Waals surface area contributed by atoms with Gasteiger partial charge < -0.3 is 0 Å². The molecule has 1 aliphatic heterocycles. The van der Waals surface area contributed by atoms with E-state index in [1.165, 1.54) is 23.5 Å². The molecule has 0 aliphatic carbocycles. The van der Waals surface area contributed by atoms with Crippen LogP contribution < -0.4 is 10.9 Å². The number of amides is 2. The van der Waals surface area contributed by atoms with Gasteiger partial charge in [0.25, 0.3) is 11.8 Å². The lowest BCUT2D eigenvalue weighted by Crippen LogP contribution is -2.41. The summed E-state index contributed by atoms with van der Waals surface area (Å²) >= 11 is 3.90. The zero-order valence-electron chi connectivity index (χ0n) is 14.9. The molecule has 2 aromatic rings. The molecule has 4 nitrogen and oxygen atoms in total. The highest BCUT2D eigenvalue weighted by Crippen LogP contribution is 2.43. The molecule has 26 heavy (non-hydrogen) atoms. The Morgan fingerprint density at radius 1 is 0.923 bits per heavy atom. The maximum Gasteiger partial charge on any atom is 0.269 e. The zero-order chi connectivity index (χ0) is 18.5. The van der Waals surface area contributed by atoms with Crippen LogP contribution in [0.1, 0.15) is 48.4 Å². The van der Waals surface area contributed by atoms with Gasteiger partial charge in [-0.15, -0.1) is 23.5 Å². The number of carbonyl (C=O) groups excluding carboxylic acids is 2. The lowest BCUT2D eigenvalue weighted by molar-refractivity contribution is 0.0846. The molecule has 1 heterocycles. The number of hydrogen-bond acceptors (Lipinski definition) is 4. The highest BCUT2D eigenvalue weighted by Gasteiger charge is 2.17. The lowest BCUT2D eigenvalue weighted by atomic mass is 10.1. The number of aryl methyl sites for hydroxylation is 2. The SMILES string of the molecule is Cc1ccc(C(=O)NNC(=O)c2ccc(C3SCCCS3)cc2)c(C)c1. The molecule has 2 amide bonds. The normalized spacial score (nSPS) is 14.7. The van der Waals surface area contributed by atoms with E-state index in [0.29, 0.717) is 15.7 Å². The Labute approximate surface area is 162 Å². The summed E-state index contributed by atoms with van der Waals surface area (Å²) in [6, 6.07) is 13.2. The second-order valence-corrected chi connectivity index (χ2v) is 9.00. The maximum absolute atomic E-state index is 12.3. The minimum absolute atomic E-state index is 0.317. The van der Waals surface area contributed by atoms with Crippen molar-refractivity contribution in [3.8, 4) is 0 Å². The molecule has 1 aliphatic rings. The monoisotopic (exact) mass is 386 g/mol. The van der Waals surface area contributed by atoms with Crippen LogP contribution in [0.2, 0.25) is 0 Å². The Morgan fingerprint density at radius 2 is 1.58 bits per heavy atom. The molecule has 136 valence electrons. The molecule has 1 fully saturated rings. The molecule has 0 unspecified atom stereocenters. The predicted molar refractivity (Wildman–Crippen MR) is 110 cm³/mol. The third-order valence-corrected chi connectivity index (χ3v) is 7.20. The van der Waals surface area contributed by atoms with Crippen LogP contribution in [0, 0.1) is 13.8 Å². The minimum atomic E-state index is -0.321. The Hall–Kier alpha value is -1.92. The number of hydrazine groups is 1. The highest BCUT2D eigenvalue weighted by atomic mass is 32.2. The van der Waals surface area contributed by atoms with Crippen molar-refractivity contribution in [2.45, 2.75) is 24.9 Å². The average molecular weight is 387 g/mol. The van der Waals surface area contributed by atoms with Crippen LogP contribution in [-0.2, 0) is 0 Å². The van der Waals surface area contributed by atoms with E-state index in [0.717, 1.165) is 11.1 Å². The quantitative estimate of drug-likeness (QED) is 0.775. The Bertz CT molecular complexity index is 800. The van der Waals surface area contributed by atoms with E-state index in [9.17, 15) is 9.59 Å². The van der Waals surface area contributed by atoms with Crippen LogP contribution in [0.15, 0.2) is 42.5 Å². The van der Waals surface area contributed by atoms with Crippen molar-refractivity contribution >= 4 is 35.3 Å². The molecule has 3 rings (SSSR count). The Balaban J connectivity index is 1.58. The number of carbonyl (C=O) groups is 2. The molecule has 2 aromatic carbocycles. The third-order valence-electron chi connectivity index (χ3n) is 4.19. The van der Waals surface area contributed by atoms with Gasteiger partial charge in [-0.3, -0.25) is 20.4 Å². The molecular weight excluding hydrogens is 364 g/mol.